The van der Waals surface area contributed by atoms with Crippen LogP contribution in [-0.2, 0) is 39.0 Å². The predicted octanol–water partition coefficient (Wildman–Crippen LogP) is 1.64. The Hall–Kier alpha value is -2.70. The van der Waals surface area contributed by atoms with Crippen LogP contribution in [0.4, 0.5) is 14.6 Å². The minimum atomic E-state index is -4.53. The maximum Gasteiger partial charge on any atom is 0.476 e. The summed E-state index contributed by atoms with van der Waals surface area (Å²) < 4.78 is 68.0. The second-order valence-corrected chi connectivity index (χ2v) is 8.55. The number of halogens is 2. The topological polar surface area (TPSA) is 141 Å². The van der Waals surface area contributed by atoms with Crippen molar-refractivity contribution in [3.8, 4) is 0 Å². The highest BCUT2D eigenvalue weighted by Gasteiger charge is 2.65. The van der Waals surface area contributed by atoms with Gasteiger partial charge in [0.05, 0.1) is 6.61 Å². The normalized spacial score (nSPS) is 28.8. The second kappa shape index (κ2) is 8.68. The highest BCUT2D eigenvalue weighted by atomic mass is 31.2. The van der Waals surface area contributed by atoms with Crippen LogP contribution >= 0.6 is 7.82 Å². The molecule has 0 radical (unpaired) electrons. The van der Waals surface area contributed by atoms with Crippen molar-refractivity contribution in [3.05, 3.63) is 58.6 Å². The van der Waals surface area contributed by atoms with Crippen molar-refractivity contribution in [2.75, 3.05) is 18.9 Å². The molecule has 0 bridgehead atoms. The average molecular weight is 473 g/mol. The molecule has 2 N–H and O–H groups in total. The van der Waals surface area contributed by atoms with Gasteiger partial charge < -0.3 is 15.2 Å². The van der Waals surface area contributed by atoms with Crippen LogP contribution in [0.5, 0.6) is 0 Å². The smallest absolute Gasteiger partial charge is 0.459 e. The van der Waals surface area contributed by atoms with Gasteiger partial charge in [0.25, 0.3) is 0 Å². The van der Waals surface area contributed by atoms with Crippen molar-refractivity contribution in [2.24, 2.45) is 0 Å². The molecule has 1 aromatic heterocycles. The van der Waals surface area contributed by atoms with Gasteiger partial charge in [0.1, 0.15) is 18.5 Å². The zero-order valence-electron chi connectivity index (χ0n) is 16.3. The van der Waals surface area contributed by atoms with Gasteiger partial charge in [0.2, 0.25) is 6.23 Å². The molecular weight excluding hydrogens is 455 g/mol. The number of carbonyl (C=O) groups is 1. The summed E-state index contributed by atoms with van der Waals surface area (Å²) in [6.45, 7) is -1.49. The Labute approximate surface area is 179 Å². The molecule has 4 atom stereocenters. The molecule has 0 saturated carbocycles. The fraction of sp³-hybridized carbons (Fsp3) is 0.389. The van der Waals surface area contributed by atoms with Crippen LogP contribution in [0.3, 0.4) is 0 Å². The molecule has 3 heterocycles. The van der Waals surface area contributed by atoms with E-state index in [0.29, 0.717) is 10.1 Å². The van der Waals surface area contributed by atoms with Crippen LogP contribution in [-0.4, -0.2) is 46.9 Å². The zero-order chi connectivity index (χ0) is 22.9. The molecule has 0 amide bonds. The Kier molecular flexibility index (Phi) is 6.10. The van der Waals surface area contributed by atoms with Crippen LogP contribution in [0.25, 0.3) is 0 Å². The van der Waals surface area contributed by atoms with E-state index in [0.717, 1.165) is 12.3 Å². The van der Waals surface area contributed by atoms with E-state index < -0.39 is 57.1 Å². The number of carbonyl (C=O) groups excluding carboxylic acids is 1. The zero-order valence-corrected chi connectivity index (χ0v) is 17.2. The molecule has 1 aromatic carbocycles. The number of rotatable bonds is 6. The van der Waals surface area contributed by atoms with Gasteiger partial charge in [-0.25, -0.2) is 14.2 Å². The van der Waals surface area contributed by atoms with Crippen molar-refractivity contribution < 1.29 is 41.2 Å². The molecule has 2 fully saturated rings. The number of fused-ring (bicyclic) bond motifs is 1. The first-order chi connectivity index (χ1) is 15.2. The van der Waals surface area contributed by atoms with E-state index in [1.807, 2.05) is 0 Å². The lowest BCUT2D eigenvalue weighted by Gasteiger charge is -2.31. The molecule has 0 aliphatic carbocycles. The third-order valence-corrected chi connectivity index (χ3v) is 6.07. The number of hydrogen-bond acceptors (Lipinski definition) is 10. The number of anilines is 1. The summed E-state index contributed by atoms with van der Waals surface area (Å²) >= 11 is 0. The first-order valence-corrected chi connectivity index (χ1v) is 10.8. The van der Waals surface area contributed by atoms with Gasteiger partial charge in [-0.3, -0.25) is 18.1 Å². The van der Waals surface area contributed by atoms with E-state index in [-0.39, 0.29) is 12.4 Å². The van der Waals surface area contributed by atoms with Crippen LogP contribution < -0.4 is 11.4 Å². The number of aromatic nitrogens is 2. The Morgan fingerprint density at radius 2 is 2.06 bits per heavy atom. The molecule has 4 rings (SSSR count). The lowest BCUT2D eigenvalue weighted by Crippen LogP contribution is -2.45. The van der Waals surface area contributed by atoms with Crippen molar-refractivity contribution in [1.82, 2.24) is 9.55 Å². The first kappa shape index (κ1) is 22.5. The van der Waals surface area contributed by atoms with E-state index in [9.17, 15) is 22.9 Å². The molecule has 0 unspecified atom stereocenters. The molecule has 2 aliphatic heterocycles. The molecule has 11 nitrogen and oxygen atoms in total. The molecule has 2 aromatic rings. The highest BCUT2D eigenvalue weighted by molar-refractivity contribution is 7.48. The lowest BCUT2D eigenvalue weighted by molar-refractivity contribution is -0.150. The largest absolute Gasteiger partial charge is 0.476 e. The summed E-state index contributed by atoms with van der Waals surface area (Å²) in [5, 5.41) is 0. The maximum atomic E-state index is 15.0. The van der Waals surface area contributed by atoms with Crippen LogP contribution in [0.2, 0.25) is 0 Å². The number of phosphoric acid groups is 1. The lowest BCUT2D eigenvalue weighted by atomic mass is 10.1. The van der Waals surface area contributed by atoms with E-state index in [1.165, 1.54) is 0 Å². The second-order valence-electron chi connectivity index (χ2n) is 6.93. The van der Waals surface area contributed by atoms with Crippen LogP contribution in [0.15, 0.2) is 47.4 Å². The third-order valence-electron chi connectivity index (χ3n) is 4.68. The number of hydrogen-bond donors (Lipinski definition) is 1. The number of nitrogen functional groups attached to an aromatic ring is 1. The van der Waals surface area contributed by atoms with Crippen LogP contribution in [0, 0.1) is 0 Å². The van der Waals surface area contributed by atoms with E-state index in [2.05, 4.69) is 4.98 Å². The van der Waals surface area contributed by atoms with Gasteiger partial charge >= 0.3 is 25.4 Å². The first-order valence-electron chi connectivity index (χ1n) is 9.33. The third kappa shape index (κ3) is 4.57. The van der Waals surface area contributed by atoms with Crippen molar-refractivity contribution in [3.63, 3.8) is 0 Å². The van der Waals surface area contributed by atoms with Crippen LogP contribution in [0.1, 0.15) is 11.8 Å². The quantitative estimate of drug-likeness (QED) is 0.486. The Morgan fingerprint density at radius 1 is 1.31 bits per heavy atom. The fourth-order valence-corrected chi connectivity index (χ4v) is 4.49. The van der Waals surface area contributed by atoms with Crippen molar-refractivity contribution in [1.29, 1.82) is 0 Å². The van der Waals surface area contributed by atoms with E-state index in [4.69, 9.17) is 28.8 Å². The average Bonchev–Trinajstić information content (AvgIpc) is 3.01. The Morgan fingerprint density at radius 3 is 2.78 bits per heavy atom. The van der Waals surface area contributed by atoms with Crippen molar-refractivity contribution >= 4 is 19.6 Å². The molecule has 32 heavy (non-hydrogen) atoms. The van der Waals surface area contributed by atoms with Gasteiger partial charge in [-0.1, -0.05) is 30.3 Å². The number of esters is 1. The molecule has 2 saturated heterocycles. The van der Waals surface area contributed by atoms with Crippen molar-refractivity contribution in [2.45, 2.75) is 31.0 Å². The standard InChI is InChI=1S/C18H18F2N3O8P/c19-18(20)15-12(30-16(18)23-7-6-13(21)22-17(23)25)9-28-32(26,31-15)29-10-14(24)27-8-11-4-2-1-3-5-11/h1-7,12,15-16H,8-10H2,(H2,21,22,25)/t12-,15-,16-,32+/m1/s1. The van der Waals surface area contributed by atoms with Gasteiger partial charge in [-0.2, -0.15) is 13.8 Å². The fourth-order valence-electron chi connectivity index (χ4n) is 3.15. The SMILES string of the molecule is Nc1ccn([C@@H]2O[C@@H]3CO[P@@](=O)(OCC(=O)OCc4ccccc4)O[C@H]3C2(F)F)c(=O)n1. The van der Waals surface area contributed by atoms with Gasteiger partial charge in [-0.05, 0) is 11.6 Å². The summed E-state index contributed by atoms with van der Waals surface area (Å²) in [5.74, 6) is -4.85. The molecule has 0 spiro atoms. The van der Waals surface area contributed by atoms with Gasteiger partial charge in [0, 0.05) is 6.20 Å². The van der Waals surface area contributed by atoms with Gasteiger partial charge in [-0.15, -0.1) is 0 Å². The number of nitrogens with two attached hydrogens (primary N) is 1. The highest BCUT2D eigenvalue weighted by Crippen LogP contribution is 2.59. The Bertz CT molecular complexity index is 1100. The van der Waals surface area contributed by atoms with E-state index >= 15 is 0 Å². The minimum absolute atomic E-state index is 0.0578. The summed E-state index contributed by atoms with van der Waals surface area (Å²) in [6, 6.07) is 9.90. The van der Waals surface area contributed by atoms with Gasteiger partial charge in [0.15, 0.2) is 12.7 Å². The number of phosphoric ester groups is 1. The minimum Gasteiger partial charge on any atom is -0.459 e. The number of benzene rings is 1. The molecular formula is C18H18F2N3O8P. The number of alkyl halides is 2. The Balaban J connectivity index is 1.39. The molecule has 172 valence electrons. The number of nitrogens with zero attached hydrogens (tertiary/aromatic N) is 2. The monoisotopic (exact) mass is 473 g/mol. The maximum absolute atomic E-state index is 15.0. The summed E-state index contributed by atoms with van der Waals surface area (Å²) in [5.41, 5.74) is 5.02. The molecule has 14 heteroatoms. The molecule has 2 aliphatic rings. The summed E-state index contributed by atoms with van der Waals surface area (Å²) in [4.78, 5) is 27.2. The summed E-state index contributed by atoms with van der Waals surface area (Å²) in [6.07, 6.45) is -4.50. The summed E-state index contributed by atoms with van der Waals surface area (Å²) in [7, 11) is -4.53. The van der Waals surface area contributed by atoms with E-state index in [1.54, 1.807) is 30.3 Å². The number of ether oxygens (including phenoxy) is 2. The predicted molar refractivity (Wildman–Crippen MR) is 102 cm³/mol.